The molecule has 0 aliphatic carbocycles. The molecule has 1 amide bonds. The monoisotopic (exact) mass is 249 g/mol. The minimum Gasteiger partial charge on any atom is -0.326 e. The summed E-state index contributed by atoms with van der Waals surface area (Å²) in [6.07, 6.45) is 0. The summed E-state index contributed by atoms with van der Waals surface area (Å²) in [6, 6.07) is 8.42. The first-order valence-electron chi connectivity index (χ1n) is 6.22. The van der Waals surface area contributed by atoms with Gasteiger partial charge >= 0.3 is 0 Å². The van der Waals surface area contributed by atoms with Crippen LogP contribution in [0, 0.1) is 0 Å². The highest BCUT2D eigenvalue weighted by Crippen LogP contribution is 2.09. The summed E-state index contributed by atoms with van der Waals surface area (Å²) in [5.74, 6) is -0.0410. The summed E-state index contributed by atoms with van der Waals surface area (Å²) >= 11 is 0. The fourth-order valence-electron chi connectivity index (χ4n) is 1.52. The molecule has 0 fully saturated rings. The molecule has 0 aliphatic rings. The molecule has 0 aromatic heterocycles. The zero-order valence-electron chi connectivity index (χ0n) is 11.7. The lowest BCUT2D eigenvalue weighted by atomic mass is 10.2. The first kappa shape index (κ1) is 14.7. The normalized spacial score (nSPS) is 12.5. The maximum atomic E-state index is 10.9. The largest absolute Gasteiger partial charge is 0.326 e. The van der Waals surface area contributed by atoms with E-state index >= 15 is 0 Å². The Labute approximate surface area is 109 Å². The minimum absolute atomic E-state index is 0.0410. The van der Waals surface area contributed by atoms with E-state index < -0.39 is 0 Å². The second-order valence-corrected chi connectivity index (χ2v) is 4.82. The van der Waals surface area contributed by atoms with E-state index in [0.29, 0.717) is 6.04 Å². The number of carbonyl (C=O) groups excluding carboxylic acids is 1. The molecule has 0 spiro atoms. The molecule has 0 saturated heterocycles. The minimum atomic E-state index is -0.0410. The first-order chi connectivity index (χ1) is 8.49. The van der Waals surface area contributed by atoms with Gasteiger partial charge in [0.15, 0.2) is 0 Å². The van der Waals surface area contributed by atoms with Gasteiger partial charge in [-0.1, -0.05) is 12.1 Å². The van der Waals surface area contributed by atoms with Crippen molar-refractivity contribution in [3.8, 4) is 0 Å². The SMILES string of the molecule is CC(=O)Nc1ccc(CNCC(C)N(C)C)cc1. The fraction of sp³-hybridized carbons (Fsp3) is 0.500. The maximum Gasteiger partial charge on any atom is 0.221 e. The molecular formula is C14H23N3O. The highest BCUT2D eigenvalue weighted by molar-refractivity contribution is 5.88. The number of rotatable bonds is 6. The predicted octanol–water partition coefficient (Wildman–Crippen LogP) is 1.68. The molecule has 1 aromatic carbocycles. The third-order valence-electron chi connectivity index (χ3n) is 2.92. The van der Waals surface area contributed by atoms with Crippen molar-refractivity contribution in [2.24, 2.45) is 0 Å². The Hall–Kier alpha value is -1.39. The second kappa shape index (κ2) is 7.13. The van der Waals surface area contributed by atoms with E-state index in [4.69, 9.17) is 0 Å². The summed E-state index contributed by atoms with van der Waals surface area (Å²) in [5.41, 5.74) is 2.06. The summed E-state index contributed by atoms with van der Waals surface area (Å²) < 4.78 is 0. The average Bonchev–Trinajstić information content (AvgIpc) is 2.30. The molecule has 1 aromatic rings. The number of likely N-dealkylation sites (N-methyl/N-ethyl adjacent to an activating group) is 1. The van der Waals surface area contributed by atoms with E-state index in [1.807, 2.05) is 24.3 Å². The van der Waals surface area contributed by atoms with Crippen molar-refractivity contribution in [1.29, 1.82) is 0 Å². The molecule has 1 atom stereocenters. The van der Waals surface area contributed by atoms with Gasteiger partial charge in [0.05, 0.1) is 0 Å². The molecule has 0 heterocycles. The Balaban J connectivity index is 2.37. The Morgan fingerprint density at radius 3 is 2.39 bits per heavy atom. The molecule has 1 unspecified atom stereocenters. The smallest absolute Gasteiger partial charge is 0.221 e. The summed E-state index contributed by atoms with van der Waals surface area (Å²) in [6.45, 7) is 5.50. The van der Waals surface area contributed by atoms with Crippen molar-refractivity contribution in [3.63, 3.8) is 0 Å². The van der Waals surface area contributed by atoms with Crippen LogP contribution < -0.4 is 10.6 Å². The number of nitrogens with one attached hydrogen (secondary N) is 2. The van der Waals surface area contributed by atoms with E-state index in [9.17, 15) is 4.79 Å². The van der Waals surface area contributed by atoms with Crippen molar-refractivity contribution in [2.45, 2.75) is 26.4 Å². The molecule has 18 heavy (non-hydrogen) atoms. The van der Waals surface area contributed by atoms with Crippen molar-refractivity contribution in [1.82, 2.24) is 10.2 Å². The number of carbonyl (C=O) groups is 1. The van der Waals surface area contributed by atoms with Crippen LogP contribution in [0.15, 0.2) is 24.3 Å². The van der Waals surface area contributed by atoms with Crippen LogP contribution in [-0.2, 0) is 11.3 Å². The Kier molecular flexibility index (Phi) is 5.82. The number of hydrogen-bond acceptors (Lipinski definition) is 3. The Morgan fingerprint density at radius 2 is 1.89 bits per heavy atom. The molecule has 1 rings (SSSR count). The van der Waals surface area contributed by atoms with Crippen molar-refractivity contribution < 1.29 is 4.79 Å². The molecule has 100 valence electrons. The predicted molar refractivity (Wildman–Crippen MR) is 75.6 cm³/mol. The molecular weight excluding hydrogens is 226 g/mol. The van der Waals surface area contributed by atoms with Crippen LogP contribution >= 0.6 is 0 Å². The number of benzene rings is 1. The highest BCUT2D eigenvalue weighted by Gasteiger charge is 2.03. The van der Waals surface area contributed by atoms with Gasteiger partial charge in [-0.25, -0.2) is 0 Å². The molecule has 0 aliphatic heterocycles. The van der Waals surface area contributed by atoms with Gasteiger partial charge in [0.25, 0.3) is 0 Å². The Bertz CT molecular complexity index is 373. The zero-order chi connectivity index (χ0) is 13.5. The Morgan fingerprint density at radius 1 is 1.28 bits per heavy atom. The van der Waals surface area contributed by atoms with Crippen LogP contribution in [0.4, 0.5) is 5.69 Å². The van der Waals surface area contributed by atoms with Gasteiger partial charge in [-0.2, -0.15) is 0 Å². The summed E-state index contributed by atoms with van der Waals surface area (Å²) in [4.78, 5) is 13.1. The molecule has 0 radical (unpaired) electrons. The second-order valence-electron chi connectivity index (χ2n) is 4.82. The van der Waals surface area contributed by atoms with Crippen molar-refractivity contribution in [2.75, 3.05) is 26.0 Å². The van der Waals surface area contributed by atoms with Crippen LogP contribution in [0.5, 0.6) is 0 Å². The van der Waals surface area contributed by atoms with Gasteiger partial charge < -0.3 is 15.5 Å². The lowest BCUT2D eigenvalue weighted by Gasteiger charge is -2.20. The molecule has 0 bridgehead atoms. The number of amides is 1. The third-order valence-corrected chi connectivity index (χ3v) is 2.92. The zero-order valence-corrected chi connectivity index (χ0v) is 11.7. The number of nitrogens with zero attached hydrogens (tertiary/aromatic N) is 1. The van der Waals surface area contributed by atoms with Gasteiger partial charge in [-0.15, -0.1) is 0 Å². The van der Waals surface area contributed by atoms with E-state index in [1.54, 1.807) is 0 Å². The van der Waals surface area contributed by atoms with Crippen LogP contribution in [-0.4, -0.2) is 37.5 Å². The topological polar surface area (TPSA) is 44.4 Å². The van der Waals surface area contributed by atoms with E-state index in [0.717, 1.165) is 18.8 Å². The van der Waals surface area contributed by atoms with Crippen LogP contribution in [0.3, 0.4) is 0 Å². The van der Waals surface area contributed by atoms with Crippen LogP contribution in [0.25, 0.3) is 0 Å². The van der Waals surface area contributed by atoms with Gasteiger partial charge in [-0.05, 0) is 38.7 Å². The lowest BCUT2D eigenvalue weighted by molar-refractivity contribution is -0.114. The molecule has 4 nitrogen and oxygen atoms in total. The van der Waals surface area contributed by atoms with Gasteiger partial charge in [0.1, 0.15) is 0 Å². The van der Waals surface area contributed by atoms with Crippen molar-refractivity contribution in [3.05, 3.63) is 29.8 Å². The quantitative estimate of drug-likeness (QED) is 0.806. The van der Waals surface area contributed by atoms with Gasteiger partial charge in [-0.3, -0.25) is 4.79 Å². The van der Waals surface area contributed by atoms with Crippen LogP contribution in [0.2, 0.25) is 0 Å². The number of anilines is 1. The molecule has 2 N–H and O–H groups in total. The van der Waals surface area contributed by atoms with Crippen LogP contribution in [0.1, 0.15) is 19.4 Å². The number of hydrogen-bond donors (Lipinski definition) is 2. The van der Waals surface area contributed by atoms with E-state index in [-0.39, 0.29) is 5.91 Å². The fourth-order valence-corrected chi connectivity index (χ4v) is 1.52. The standard InChI is InChI=1S/C14H23N3O/c1-11(17(3)4)9-15-10-13-5-7-14(8-6-13)16-12(2)18/h5-8,11,15H,9-10H2,1-4H3,(H,16,18). The van der Waals surface area contributed by atoms with Gasteiger partial charge in [0, 0.05) is 31.7 Å². The van der Waals surface area contributed by atoms with E-state index in [1.165, 1.54) is 12.5 Å². The van der Waals surface area contributed by atoms with Gasteiger partial charge in [0.2, 0.25) is 5.91 Å². The van der Waals surface area contributed by atoms with Crippen molar-refractivity contribution >= 4 is 11.6 Å². The third kappa shape index (κ3) is 5.29. The summed E-state index contributed by atoms with van der Waals surface area (Å²) in [5, 5.41) is 6.17. The highest BCUT2D eigenvalue weighted by atomic mass is 16.1. The molecule has 4 heteroatoms. The average molecular weight is 249 g/mol. The molecule has 0 saturated carbocycles. The summed E-state index contributed by atoms with van der Waals surface area (Å²) in [7, 11) is 4.16. The maximum absolute atomic E-state index is 10.9. The lowest BCUT2D eigenvalue weighted by Crippen LogP contribution is -2.35. The van der Waals surface area contributed by atoms with E-state index in [2.05, 4.69) is 36.6 Å². The first-order valence-corrected chi connectivity index (χ1v) is 6.22.